The first-order valence-electron chi connectivity index (χ1n) is 11.0. The number of benzene rings is 3. The summed E-state index contributed by atoms with van der Waals surface area (Å²) in [6.07, 6.45) is 5.32. The molecule has 0 bridgehead atoms. The van der Waals surface area contributed by atoms with Gasteiger partial charge in [-0.2, -0.15) is 0 Å². The van der Waals surface area contributed by atoms with E-state index in [1.807, 2.05) is 42.5 Å². The van der Waals surface area contributed by atoms with Crippen LogP contribution in [0.4, 0.5) is 9.18 Å². The van der Waals surface area contributed by atoms with Crippen LogP contribution < -0.4 is 5.32 Å². The molecule has 0 unspecified atom stereocenters. The molecule has 0 radical (unpaired) electrons. The van der Waals surface area contributed by atoms with Gasteiger partial charge in [-0.05, 0) is 40.8 Å². The summed E-state index contributed by atoms with van der Waals surface area (Å²) in [7, 11) is 0. The summed E-state index contributed by atoms with van der Waals surface area (Å²) in [5.74, 6) is -0.282. The van der Waals surface area contributed by atoms with Gasteiger partial charge in [0.15, 0.2) is 0 Å². The summed E-state index contributed by atoms with van der Waals surface area (Å²) in [6.45, 7) is 0.690. The highest BCUT2D eigenvalue weighted by Crippen LogP contribution is 2.44. The molecule has 1 heterocycles. The lowest BCUT2D eigenvalue weighted by atomic mass is 9.98. The van der Waals surface area contributed by atoms with Crippen molar-refractivity contribution in [1.29, 1.82) is 0 Å². The maximum Gasteiger partial charge on any atom is 0.407 e. The van der Waals surface area contributed by atoms with E-state index in [-0.39, 0.29) is 18.3 Å². The van der Waals surface area contributed by atoms with E-state index in [1.165, 1.54) is 28.3 Å². The highest BCUT2D eigenvalue weighted by Gasteiger charge is 2.28. The lowest BCUT2D eigenvalue weighted by Gasteiger charge is -2.14. The monoisotopic (exact) mass is 438 g/mol. The van der Waals surface area contributed by atoms with E-state index < -0.39 is 6.09 Å². The Morgan fingerprint density at radius 2 is 1.73 bits per heavy atom. The number of alkyl carbamates (subject to hydrolysis) is 1. The van der Waals surface area contributed by atoms with Crippen LogP contribution in [0.15, 0.2) is 85.1 Å². The van der Waals surface area contributed by atoms with Crippen LogP contribution in [-0.4, -0.2) is 24.2 Å². The van der Waals surface area contributed by atoms with E-state index in [9.17, 15) is 9.18 Å². The molecular weight excluding hydrogens is 415 g/mol. The first-order chi connectivity index (χ1) is 16.2. The first-order valence-corrected chi connectivity index (χ1v) is 11.0. The van der Waals surface area contributed by atoms with Crippen molar-refractivity contribution in [2.24, 2.45) is 0 Å². The molecule has 0 aliphatic heterocycles. The lowest BCUT2D eigenvalue weighted by molar-refractivity contribution is 0.143. The average molecular weight is 439 g/mol. The predicted octanol–water partition coefficient (Wildman–Crippen LogP) is 6.32. The fourth-order valence-electron chi connectivity index (χ4n) is 4.36. The molecule has 1 N–H and O–H groups in total. The fraction of sp³-hybridized carbons (Fsp3) is 0.143. The zero-order valence-corrected chi connectivity index (χ0v) is 18.0. The van der Waals surface area contributed by atoms with Gasteiger partial charge < -0.3 is 10.1 Å². The van der Waals surface area contributed by atoms with Gasteiger partial charge in [0.25, 0.3) is 0 Å². The SMILES string of the molecule is O=C(NCCC=Cc1cc2cccnc2cc1F)OCC1c2ccccc2-c2ccccc21. The zero-order chi connectivity index (χ0) is 22.6. The molecule has 1 amide bonds. The first kappa shape index (κ1) is 20.9. The van der Waals surface area contributed by atoms with Crippen LogP contribution in [0.25, 0.3) is 28.1 Å². The standard InChI is InChI=1S/C28H23FN2O2/c29-26-17-27-20(9-7-15-30-27)16-19(26)8-5-6-14-31-28(32)33-18-25-23-12-3-1-10-21(23)22-11-2-4-13-24(22)25/h1-5,7-13,15-17,25H,6,14,18H2,(H,31,32). The smallest absolute Gasteiger partial charge is 0.407 e. The molecule has 1 aliphatic rings. The maximum absolute atomic E-state index is 14.2. The molecule has 0 saturated carbocycles. The normalized spacial score (nSPS) is 12.6. The number of rotatable bonds is 6. The minimum Gasteiger partial charge on any atom is -0.449 e. The molecule has 0 spiro atoms. The van der Waals surface area contributed by atoms with E-state index in [1.54, 1.807) is 18.3 Å². The summed E-state index contributed by atoms with van der Waals surface area (Å²) in [5.41, 5.74) is 5.89. The van der Waals surface area contributed by atoms with Crippen molar-refractivity contribution in [3.8, 4) is 11.1 Å². The van der Waals surface area contributed by atoms with Crippen LogP contribution in [0.5, 0.6) is 0 Å². The summed E-state index contributed by atoms with van der Waals surface area (Å²) < 4.78 is 19.8. The second kappa shape index (κ2) is 9.25. The third kappa shape index (κ3) is 4.35. The Hall–Kier alpha value is -3.99. The molecule has 5 heteroatoms. The molecule has 3 aromatic carbocycles. The number of hydrogen-bond acceptors (Lipinski definition) is 3. The number of ether oxygens (including phenoxy) is 1. The van der Waals surface area contributed by atoms with Gasteiger partial charge >= 0.3 is 6.09 Å². The van der Waals surface area contributed by atoms with Gasteiger partial charge in [-0.25, -0.2) is 9.18 Å². The number of pyridine rings is 1. The van der Waals surface area contributed by atoms with Gasteiger partial charge in [0.2, 0.25) is 0 Å². The van der Waals surface area contributed by atoms with Crippen molar-refractivity contribution in [3.05, 3.63) is 108 Å². The van der Waals surface area contributed by atoms with Gasteiger partial charge in [-0.3, -0.25) is 4.98 Å². The Labute approximate surface area is 191 Å². The Morgan fingerprint density at radius 1 is 1.00 bits per heavy atom. The van der Waals surface area contributed by atoms with Crippen LogP contribution in [0.1, 0.15) is 29.0 Å². The van der Waals surface area contributed by atoms with E-state index in [4.69, 9.17) is 4.74 Å². The summed E-state index contributed by atoms with van der Waals surface area (Å²) in [5, 5.41) is 3.65. The van der Waals surface area contributed by atoms with Gasteiger partial charge in [-0.1, -0.05) is 66.7 Å². The number of aromatic nitrogens is 1. The Bertz CT molecular complexity index is 1300. The number of carbonyl (C=O) groups excluding carboxylic acids is 1. The Balaban J connectivity index is 1.14. The summed E-state index contributed by atoms with van der Waals surface area (Å²) in [6, 6.07) is 23.4. The lowest BCUT2D eigenvalue weighted by Crippen LogP contribution is -2.26. The molecule has 33 heavy (non-hydrogen) atoms. The predicted molar refractivity (Wildman–Crippen MR) is 128 cm³/mol. The molecule has 4 nitrogen and oxygen atoms in total. The molecule has 0 saturated heterocycles. The highest BCUT2D eigenvalue weighted by molar-refractivity contribution is 5.81. The number of fused-ring (bicyclic) bond motifs is 4. The maximum atomic E-state index is 14.2. The summed E-state index contributed by atoms with van der Waals surface area (Å²) >= 11 is 0. The number of hydrogen-bond donors (Lipinski definition) is 1. The third-order valence-electron chi connectivity index (χ3n) is 5.94. The number of carbonyl (C=O) groups is 1. The van der Waals surface area contributed by atoms with Crippen molar-refractivity contribution in [2.45, 2.75) is 12.3 Å². The van der Waals surface area contributed by atoms with Crippen LogP contribution >= 0.6 is 0 Å². The van der Waals surface area contributed by atoms with E-state index in [0.29, 0.717) is 24.0 Å². The molecule has 5 rings (SSSR count). The molecule has 0 fully saturated rings. The van der Waals surface area contributed by atoms with Crippen molar-refractivity contribution < 1.29 is 13.9 Å². The number of amides is 1. The van der Waals surface area contributed by atoms with Crippen LogP contribution in [0.3, 0.4) is 0 Å². The van der Waals surface area contributed by atoms with Crippen molar-refractivity contribution in [3.63, 3.8) is 0 Å². The second-order valence-electron chi connectivity index (χ2n) is 8.01. The number of nitrogens with zero attached hydrogens (tertiary/aromatic N) is 1. The molecule has 1 aromatic heterocycles. The van der Waals surface area contributed by atoms with Gasteiger partial charge in [-0.15, -0.1) is 0 Å². The van der Waals surface area contributed by atoms with Crippen molar-refractivity contribution in [1.82, 2.24) is 10.3 Å². The fourth-order valence-corrected chi connectivity index (χ4v) is 4.36. The Morgan fingerprint density at radius 3 is 2.48 bits per heavy atom. The van der Waals surface area contributed by atoms with Gasteiger partial charge in [0, 0.05) is 35.7 Å². The van der Waals surface area contributed by atoms with Crippen LogP contribution in [-0.2, 0) is 4.74 Å². The largest absolute Gasteiger partial charge is 0.449 e. The molecule has 164 valence electrons. The van der Waals surface area contributed by atoms with E-state index in [2.05, 4.69) is 34.6 Å². The van der Waals surface area contributed by atoms with Crippen LogP contribution in [0, 0.1) is 5.82 Å². The minimum atomic E-state index is -0.451. The van der Waals surface area contributed by atoms with Gasteiger partial charge in [0.1, 0.15) is 12.4 Å². The average Bonchev–Trinajstić information content (AvgIpc) is 3.16. The van der Waals surface area contributed by atoms with E-state index in [0.717, 1.165) is 5.39 Å². The topological polar surface area (TPSA) is 51.2 Å². The van der Waals surface area contributed by atoms with Gasteiger partial charge in [0.05, 0.1) is 5.52 Å². The quantitative estimate of drug-likeness (QED) is 0.359. The minimum absolute atomic E-state index is 0.0356. The van der Waals surface area contributed by atoms with Crippen molar-refractivity contribution in [2.75, 3.05) is 13.2 Å². The number of nitrogens with one attached hydrogen (secondary N) is 1. The zero-order valence-electron chi connectivity index (χ0n) is 18.0. The Kier molecular flexibility index (Phi) is 5.85. The van der Waals surface area contributed by atoms with Crippen LogP contribution in [0.2, 0.25) is 0 Å². The highest BCUT2D eigenvalue weighted by atomic mass is 19.1. The summed E-state index contributed by atoms with van der Waals surface area (Å²) in [4.78, 5) is 16.4. The molecule has 0 atom stereocenters. The van der Waals surface area contributed by atoms with Crippen molar-refractivity contribution >= 4 is 23.1 Å². The van der Waals surface area contributed by atoms with E-state index >= 15 is 0 Å². The third-order valence-corrected chi connectivity index (χ3v) is 5.94. The molecule has 1 aliphatic carbocycles. The second-order valence-corrected chi connectivity index (χ2v) is 8.01. The number of halogens is 1. The molecular formula is C28H23FN2O2. The molecule has 4 aromatic rings.